The molecule has 0 aliphatic carbocycles. The minimum atomic E-state index is -0.602. The lowest BCUT2D eigenvalue weighted by molar-refractivity contribution is -0.142. The monoisotopic (exact) mass is 341 g/mol. The Balaban J connectivity index is 2.42. The summed E-state index contributed by atoms with van der Waals surface area (Å²) in [5.74, 6) is -0.309. The Morgan fingerprint density at radius 3 is 2.70 bits per heavy atom. The number of nitrogens with one attached hydrogen (secondary N) is 1. The molecule has 108 valence electrons. The van der Waals surface area contributed by atoms with Gasteiger partial charge in [-0.3, -0.25) is 4.79 Å². The van der Waals surface area contributed by atoms with E-state index >= 15 is 0 Å². The maximum atomic E-state index is 14.0. The van der Waals surface area contributed by atoms with E-state index in [9.17, 15) is 9.18 Å². The predicted octanol–water partition coefficient (Wildman–Crippen LogP) is 4.20. The molecule has 0 saturated heterocycles. The fraction of sp³-hybridized carbons (Fsp3) is 0.400. The highest BCUT2D eigenvalue weighted by Gasteiger charge is 2.25. The first-order valence-corrected chi connectivity index (χ1v) is 7.53. The molecule has 0 spiro atoms. The average molecular weight is 342 g/mol. The first kappa shape index (κ1) is 15.0. The van der Waals surface area contributed by atoms with Crippen molar-refractivity contribution >= 4 is 32.8 Å². The van der Waals surface area contributed by atoms with Crippen LogP contribution >= 0.6 is 15.9 Å². The highest BCUT2D eigenvalue weighted by Crippen LogP contribution is 2.30. The Morgan fingerprint density at radius 1 is 1.40 bits per heavy atom. The fourth-order valence-electron chi connectivity index (χ4n) is 1.81. The lowest BCUT2D eigenvalue weighted by Crippen LogP contribution is -2.25. The van der Waals surface area contributed by atoms with Crippen molar-refractivity contribution < 1.29 is 13.9 Å². The highest BCUT2D eigenvalue weighted by molar-refractivity contribution is 9.09. The number of carbonyl (C=O) groups excluding carboxylic acids is 1. The quantitative estimate of drug-likeness (QED) is 0.671. The van der Waals surface area contributed by atoms with Crippen molar-refractivity contribution in [1.82, 2.24) is 4.98 Å². The van der Waals surface area contributed by atoms with Crippen LogP contribution in [0.1, 0.15) is 26.3 Å². The topological polar surface area (TPSA) is 42.1 Å². The molecule has 20 heavy (non-hydrogen) atoms. The molecule has 0 amide bonds. The SMILES string of the molecule is CC(C)(C)C(=O)Oc1c[nH]c2c(F)cc(CCBr)cc12. The number of aryl methyl sites for hydroxylation is 1. The van der Waals surface area contributed by atoms with Crippen LogP contribution in [0.5, 0.6) is 5.75 Å². The van der Waals surface area contributed by atoms with Gasteiger partial charge in [0.15, 0.2) is 5.75 Å². The number of H-pyrrole nitrogens is 1. The van der Waals surface area contributed by atoms with Gasteiger partial charge < -0.3 is 9.72 Å². The van der Waals surface area contributed by atoms with Gasteiger partial charge in [0.2, 0.25) is 0 Å². The number of carbonyl (C=O) groups is 1. The molecular weight excluding hydrogens is 325 g/mol. The molecule has 0 unspecified atom stereocenters. The molecule has 0 saturated carbocycles. The molecule has 2 aromatic rings. The molecule has 1 heterocycles. The molecule has 0 bridgehead atoms. The first-order chi connectivity index (χ1) is 9.32. The summed E-state index contributed by atoms with van der Waals surface area (Å²) in [6.45, 7) is 5.34. The molecule has 2 rings (SSSR count). The number of alkyl halides is 1. The van der Waals surface area contributed by atoms with Gasteiger partial charge in [-0.1, -0.05) is 15.9 Å². The molecule has 1 aromatic heterocycles. The van der Waals surface area contributed by atoms with Gasteiger partial charge in [0.05, 0.1) is 10.9 Å². The summed E-state index contributed by atoms with van der Waals surface area (Å²) in [5.41, 5.74) is 0.620. The Morgan fingerprint density at radius 2 is 2.10 bits per heavy atom. The highest BCUT2D eigenvalue weighted by atomic mass is 79.9. The number of benzene rings is 1. The van der Waals surface area contributed by atoms with Gasteiger partial charge in [-0.25, -0.2) is 4.39 Å². The number of aromatic nitrogens is 1. The number of ether oxygens (including phenoxy) is 1. The maximum Gasteiger partial charge on any atom is 0.316 e. The predicted molar refractivity (Wildman–Crippen MR) is 80.8 cm³/mol. The normalized spacial score (nSPS) is 11.8. The van der Waals surface area contributed by atoms with Gasteiger partial charge in [0.1, 0.15) is 5.82 Å². The van der Waals surface area contributed by atoms with Crippen LogP contribution < -0.4 is 4.74 Å². The number of hydrogen-bond acceptors (Lipinski definition) is 2. The molecule has 0 aliphatic heterocycles. The second-order valence-electron chi connectivity index (χ2n) is 5.73. The van der Waals surface area contributed by atoms with Crippen LogP contribution in [0.15, 0.2) is 18.3 Å². The van der Waals surface area contributed by atoms with Gasteiger partial charge in [-0.2, -0.15) is 0 Å². The molecule has 0 atom stereocenters. The van der Waals surface area contributed by atoms with Crippen LogP contribution in [0.25, 0.3) is 10.9 Å². The number of aromatic amines is 1. The smallest absolute Gasteiger partial charge is 0.316 e. The van der Waals surface area contributed by atoms with Crippen molar-refractivity contribution in [2.45, 2.75) is 27.2 Å². The van der Waals surface area contributed by atoms with Gasteiger partial charge in [-0.15, -0.1) is 0 Å². The third-order valence-electron chi connectivity index (χ3n) is 2.96. The zero-order valence-corrected chi connectivity index (χ0v) is 13.3. The summed E-state index contributed by atoms with van der Waals surface area (Å²) in [7, 11) is 0. The standard InChI is InChI=1S/C15H17BrFNO2/c1-15(2,3)14(19)20-12-8-18-13-10(12)6-9(4-5-16)7-11(13)17/h6-8,18H,4-5H2,1-3H3. The summed E-state index contributed by atoms with van der Waals surface area (Å²) in [6, 6.07) is 3.34. The van der Waals surface area contributed by atoms with Gasteiger partial charge in [-0.05, 0) is 44.9 Å². The summed E-state index contributed by atoms with van der Waals surface area (Å²) in [5, 5.41) is 1.35. The fourth-order valence-corrected chi connectivity index (χ4v) is 2.27. The molecule has 0 aliphatic rings. The summed E-state index contributed by atoms with van der Waals surface area (Å²) >= 11 is 3.33. The Kier molecular flexibility index (Phi) is 4.18. The zero-order valence-electron chi connectivity index (χ0n) is 11.7. The third kappa shape index (κ3) is 3.03. The Hall–Kier alpha value is -1.36. The van der Waals surface area contributed by atoms with Crippen molar-refractivity contribution in [2.24, 2.45) is 5.41 Å². The number of rotatable bonds is 3. The van der Waals surface area contributed by atoms with Gasteiger partial charge in [0, 0.05) is 16.9 Å². The van der Waals surface area contributed by atoms with Gasteiger partial charge >= 0.3 is 5.97 Å². The van der Waals surface area contributed by atoms with E-state index in [1.54, 1.807) is 20.8 Å². The van der Waals surface area contributed by atoms with E-state index in [4.69, 9.17) is 4.74 Å². The second kappa shape index (κ2) is 5.56. The lowest BCUT2D eigenvalue weighted by atomic mass is 9.97. The van der Waals surface area contributed by atoms with Crippen LogP contribution in [-0.4, -0.2) is 16.3 Å². The van der Waals surface area contributed by atoms with E-state index in [0.29, 0.717) is 23.1 Å². The summed E-state index contributed by atoms with van der Waals surface area (Å²) in [6.07, 6.45) is 2.24. The molecule has 1 N–H and O–H groups in total. The van der Waals surface area contributed by atoms with Crippen LogP contribution in [-0.2, 0) is 11.2 Å². The van der Waals surface area contributed by atoms with E-state index in [1.165, 1.54) is 12.3 Å². The molecule has 0 radical (unpaired) electrons. The number of hydrogen-bond donors (Lipinski definition) is 1. The molecular formula is C15H17BrFNO2. The largest absolute Gasteiger partial charge is 0.424 e. The van der Waals surface area contributed by atoms with Crippen molar-refractivity contribution in [2.75, 3.05) is 5.33 Å². The van der Waals surface area contributed by atoms with Crippen LogP contribution in [0.3, 0.4) is 0 Å². The summed E-state index contributed by atoms with van der Waals surface area (Å²) < 4.78 is 19.3. The molecule has 5 heteroatoms. The maximum absolute atomic E-state index is 14.0. The molecule has 1 aromatic carbocycles. The van der Waals surface area contributed by atoms with E-state index in [2.05, 4.69) is 20.9 Å². The minimum Gasteiger partial charge on any atom is -0.424 e. The van der Waals surface area contributed by atoms with Crippen molar-refractivity contribution in [3.8, 4) is 5.75 Å². The lowest BCUT2D eigenvalue weighted by Gasteiger charge is -2.15. The van der Waals surface area contributed by atoms with E-state index in [1.807, 2.05) is 6.07 Å². The third-order valence-corrected chi connectivity index (χ3v) is 3.36. The summed E-state index contributed by atoms with van der Waals surface area (Å²) in [4.78, 5) is 14.8. The zero-order chi connectivity index (χ0) is 14.9. The number of esters is 1. The van der Waals surface area contributed by atoms with Crippen molar-refractivity contribution in [3.05, 3.63) is 29.7 Å². The Labute approximate surface area is 125 Å². The molecule has 3 nitrogen and oxygen atoms in total. The van der Waals surface area contributed by atoms with Crippen LogP contribution in [0.2, 0.25) is 0 Å². The first-order valence-electron chi connectivity index (χ1n) is 6.40. The number of halogens is 2. The second-order valence-corrected chi connectivity index (χ2v) is 6.52. The number of fused-ring (bicyclic) bond motifs is 1. The van der Waals surface area contributed by atoms with E-state index in [0.717, 1.165) is 10.9 Å². The van der Waals surface area contributed by atoms with Crippen molar-refractivity contribution in [3.63, 3.8) is 0 Å². The van der Waals surface area contributed by atoms with E-state index in [-0.39, 0.29) is 11.8 Å². The van der Waals surface area contributed by atoms with E-state index < -0.39 is 5.41 Å². The Bertz CT molecular complexity index is 643. The van der Waals surface area contributed by atoms with Gasteiger partial charge in [0.25, 0.3) is 0 Å². The van der Waals surface area contributed by atoms with Crippen molar-refractivity contribution in [1.29, 1.82) is 0 Å². The molecule has 0 fully saturated rings. The van der Waals surface area contributed by atoms with Crippen LogP contribution in [0.4, 0.5) is 4.39 Å². The average Bonchev–Trinajstić information content (AvgIpc) is 2.72. The van der Waals surface area contributed by atoms with Crippen LogP contribution in [0, 0.1) is 11.2 Å². The minimum absolute atomic E-state index is 0.337.